The zero-order chi connectivity index (χ0) is 12.3. The SMILES string of the molecule is COCc1nc(-c2ccnc(C)c2)cc(=O)[nH]1. The average Bonchev–Trinajstić information content (AvgIpc) is 2.28. The molecule has 0 spiro atoms. The summed E-state index contributed by atoms with van der Waals surface area (Å²) in [5.74, 6) is 0.518. The van der Waals surface area contributed by atoms with Gasteiger partial charge in [0.15, 0.2) is 0 Å². The Morgan fingerprint density at radius 1 is 1.41 bits per heavy atom. The molecule has 0 aliphatic rings. The minimum atomic E-state index is -0.184. The van der Waals surface area contributed by atoms with Gasteiger partial charge < -0.3 is 9.72 Å². The molecule has 2 aromatic rings. The molecule has 2 heterocycles. The lowest BCUT2D eigenvalue weighted by atomic mass is 10.1. The van der Waals surface area contributed by atoms with E-state index >= 15 is 0 Å². The Morgan fingerprint density at radius 3 is 2.94 bits per heavy atom. The van der Waals surface area contributed by atoms with E-state index in [9.17, 15) is 4.79 Å². The van der Waals surface area contributed by atoms with Gasteiger partial charge in [0.05, 0.1) is 5.69 Å². The number of aromatic amines is 1. The Bertz CT molecular complexity index is 578. The number of nitrogens with zero attached hydrogens (tertiary/aromatic N) is 2. The first kappa shape index (κ1) is 11.5. The van der Waals surface area contributed by atoms with Gasteiger partial charge in [-0.1, -0.05) is 0 Å². The Kier molecular flexibility index (Phi) is 3.30. The topological polar surface area (TPSA) is 67.9 Å². The van der Waals surface area contributed by atoms with Crippen LogP contribution in [-0.2, 0) is 11.3 Å². The van der Waals surface area contributed by atoms with Gasteiger partial charge in [0.2, 0.25) is 0 Å². The van der Waals surface area contributed by atoms with Crippen LogP contribution in [0, 0.1) is 6.92 Å². The molecule has 0 saturated carbocycles. The number of nitrogens with one attached hydrogen (secondary N) is 1. The third-order valence-electron chi connectivity index (χ3n) is 2.26. The van der Waals surface area contributed by atoms with Crippen molar-refractivity contribution in [1.29, 1.82) is 0 Å². The average molecular weight is 231 g/mol. The summed E-state index contributed by atoms with van der Waals surface area (Å²) in [5, 5.41) is 0. The monoisotopic (exact) mass is 231 g/mol. The number of rotatable bonds is 3. The highest BCUT2D eigenvalue weighted by molar-refractivity contribution is 5.58. The van der Waals surface area contributed by atoms with Crippen molar-refractivity contribution in [1.82, 2.24) is 15.0 Å². The first-order valence-corrected chi connectivity index (χ1v) is 5.21. The Hall–Kier alpha value is -2.01. The second-order valence-corrected chi connectivity index (χ2v) is 3.70. The molecule has 88 valence electrons. The quantitative estimate of drug-likeness (QED) is 0.864. The van der Waals surface area contributed by atoms with Crippen molar-refractivity contribution < 1.29 is 4.74 Å². The maximum Gasteiger partial charge on any atom is 0.251 e. The molecule has 0 aliphatic carbocycles. The van der Waals surface area contributed by atoms with E-state index in [1.807, 2.05) is 19.1 Å². The highest BCUT2D eigenvalue weighted by Gasteiger charge is 2.04. The fourth-order valence-electron chi connectivity index (χ4n) is 1.57. The van der Waals surface area contributed by atoms with Crippen LogP contribution in [-0.4, -0.2) is 22.1 Å². The zero-order valence-electron chi connectivity index (χ0n) is 9.73. The molecule has 2 rings (SSSR count). The Morgan fingerprint density at radius 2 is 2.24 bits per heavy atom. The number of aromatic nitrogens is 3. The number of pyridine rings is 1. The highest BCUT2D eigenvalue weighted by atomic mass is 16.5. The summed E-state index contributed by atoms with van der Waals surface area (Å²) in [7, 11) is 1.56. The normalized spacial score (nSPS) is 10.5. The molecular formula is C12H13N3O2. The molecule has 0 atom stereocenters. The van der Waals surface area contributed by atoms with E-state index in [2.05, 4.69) is 15.0 Å². The van der Waals surface area contributed by atoms with E-state index in [-0.39, 0.29) is 12.2 Å². The summed E-state index contributed by atoms with van der Waals surface area (Å²) < 4.78 is 4.95. The number of hydrogen-bond donors (Lipinski definition) is 1. The van der Waals surface area contributed by atoms with Crippen LogP contribution in [0.4, 0.5) is 0 Å². The van der Waals surface area contributed by atoms with Crippen molar-refractivity contribution in [3.8, 4) is 11.3 Å². The maximum atomic E-state index is 11.5. The molecule has 0 amide bonds. The van der Waals surface area contributed by atoms with Crippen LogP contribution >= 0.6 is 0 Å². The van der Waals surface area contributed by atoms with Gasteiger partial charge in [-0.25, -0.2) is 4.98 Å². The Balaban J connectivity index is 2.48. The van der Waals surface area contributed by atoms with E-state index in [0.29, 0.717) is 11.5 Å². The highest BCUT2D eigenvalue weighted by Crippen LogP contribution is 2.15. The summed E-state index contributed by atoms with van der Waals surface area (Å²) in [4.78, 5) is 22.5. The largest absolute Gasteiger partial charge is 0.377 e. The number of hydrogen-bond acceptors (Lipinski definition) is 4. The summed E-state index contributed by atoms with van der Waals surface area (Å²) in [6.45, 7) is 2.18. The molecular weight excluding hydrogens is 218 g/mol. The van der Waals surface area contributed by atoms with Gasteiger partial charge >= 0.3 is 0 Å². The van der Waals surface area contributed by atoms with Gasteiger partial charge in [-0.2, -0.15) is 0 Å². The molecule has 0 bridgehead atoms. The van der Waals surface area contributed by atoms with Gasteiger partial charge in [-0.15, -0.1) is 0 Å². The first-order chi connectivity index (χ1) is 8.19. The van der Waals surface area contributed by atoms with Crippen LogP contribution < -0.4 is 5.56 Å². The predicted molar refractivity (Wildman–Crippen MR) is 63.5 cm³/mol. The van der Waals surface area contributed by atoms with Crippen LogP contribution in [0.15, 0.2) is 29.2 Å². The van der Waals surface area contributed by atoms with Crippen LogP contribution in [0.3, 0.4) is 0 Å². The van der Waals surface area contributed by atoms with Gasteiger partial charge in [0.25, 0.3) is 5.56 Å². The van der Waals surface area contributed by atoms with Crippen LogP contribution in [0.2, 0.25) is 0 Å². The van der Waals surface area contributed by atoms with Crippen LogP contribution in [0.5, 0.6) is 0 Å². The lowest BCUT2D eigenvalue weighted by Crippen LogP contribution is -2.11. The van der Waals surface area contributed by atoms with Crippen molar-refractivity contribution in [3.63, 3.8) is 0 Å². The third kappa shape index (κ3) is 2.76. The molecule has 5 nitrogen and oxygen atoms in total. The van der Waals surface area contributed by atoms with Gasteiger partial charge in [0, 0.05) is 30.6 Å². The molecule has 0 unspecified atom stereocenters. The van der Waals surface area contributed by atoms with Gasteiger partial charge in [-0.05, 0) is 19.1 Å². The smallest absolute Gasteiger partial charge is 0.251 e. The molecule has 0 saturated heterocycles. The fourth-order valence-corrected chi connectivity index (χ4v) is 1.57. The molecule has 17 heavy (non-hydrogen) atoms. The number of aryl methyl sites for hydroxylation is 1. The minimum Gasteiger partial charge on any atom is -0.377 e. The van der Waals surface area contributed by atoms with E-state index in [1.165, 1.54) is 6.07 Å². The van der Waals surface area contributed by atoms with Crippen molar-refractivity contribution in [2.45, 2.75) is 13.5 Å². The zero-order valence-corrected chi connectivity index (χ0v) is 9.73. The van der Waals surface area contributed by atoms with Crippen molar-refractivity contribution in [3.05, 3.63) is 46.3 Å². The third-order valence-corrected chi connectivity index (χ3v) is 2.26. The summed E-state index contributed by atoms with van der Waals surface area (Å²) >= 11 is 0. The maximum absolute atomic E-state index is 11.5. The Labute approximate surface area is 98.5 Å². The van der Waals surface area contributed by atoms with E-state index in [4.69, 9.17) is 4.74 Å². The molecule has 0 radical (unpaired) electrons. The van der Waals surface area contributed by atoms with Gasteiger partial charge in [-0.3, -0.25) is 9.78 Å². The van der Waals surface area contributed by atoms with Crippen molar-refractivity contribution in [2.24, 2.45) is 0 Å². The molecule has 0 aromatic carbocycles. The number of methoxy groups -OCH3 is 1. The minimum absolute atomic E-state index is 0.184. The first-order valence-electron chi connectivity index (χ1n) is 5.21. The summed E-state index contributed by atoms with van der Waals surface area (Å²) in [6, 6.07) is 5.18. The van der Waals surface area contributed by atoms with Crippen molar-refractivity contribution in [2.75, 3.05) is 7.11 Å². The van der Waals surface area contributed by atoms with E-state index < -0.39 is 0 Å². The van der Waals surface area contributed by atoms with Gasteiger partial charge in [0.1, 0.15) is 12.4 Å². The van der Waals surface area contributed by atoms with E-state index in [0.717, 1.165) is 11.3 Å². The molecule has 0 aliphatic heterocycles. The second-order valence-electron chi connectivity index (χ2n) is 3.70. The lowest BCUT2D eigenvalue weighted by Gasteiger charge is -2.04. The fraction of sp³-hybridized carbons (Fsp3) is 0.250. The second kappa shape index (κ2) is 4.88. The van der Waals surface area contributed by atoms with E-state index in [1.54, 1.807) is 13.3 Å². The molecule has 2 aromatic heterocycles. The van der Waals surface area contributed by atoms with Crippen molar-refractivity contribution >= 4 is 0 Å². The van der Waals surface area contributed by atoms with Crippen LogP contribution in [0.25, 0.3) is 11.3 Å². The molecule has 1 N–H and O–H groups in total. The lowest BCUT2D eigenvalue weighted by molar-refractivity contribution is 0.177. The number of ether oxygens (including phenoxy) is 1. The predicted octanol–water partition coefficient (Wildman–Crippen LogP) is 1.29. The molecule has 0 fully saturated rings. The molecule has 5 heteroatoms. The van der Waals surface area contributed by atoms with Crippen LogP contribution in [0.1, 0.15) is 11.5 Å². The standard InChI is InChI=1S/C12H13N3O2/c1-8-5-9(3-4-13-8)10-6-12(16)15-11(14-10)7-17-2/h3-6H,7H2,1-2H3,(H,14,15,16). The summed E-state index contributed by atoms with van der Waals surface area (Å²) in [6.07, 6.45) is 1.70. The number of H-pyrrole nitrogens is 1. The summed E-state index contributed by atoms with van der Waals surface area (Å²) in [5.41, 5.74) is 2.21.